The van der Waals surface area contributed by atoms with E-state index in [0.717, 1.165) is 11.4 Å². The Labute approximate surface area is 91.3 Å². The minimum absolute atomic E-state index is 0.145. The van der Waals surface area contributed by atoms with Crippen LogP contribution >= 0.6 is 0 Å². The molecule has 1 N–H and O–H groups in total. The molecule has 0 aromatic heterocycles. The van der Waals surface area contributed by atoms with Gasteiger partial charge in [-0.05, 0) is 37.1 Å². The molecule has 0 spiro atoms. The highest BCUT2D eigenvalue weighted by molar-refractivity contribution is 5.61. The predicted molar refractivity (Wildman–Crippen MR) is 62.8 cm³/mol. The summed E-state index contributed by atoms with van der Waals surface area (Å²) < 4.78 is 5.33. The van der Waals surface area contributed by atoms with E-state index in [4.69, 9.17) is 9.84 Å². The van der Waals surface area contributed by atoms with Crippen molar-refractivity contribution in [3.8, 4) is 5.75 Å². The van der Waals surface area contributed by atoms with Crippen LogP contribution in [0.3, 0.4) is 0 Å². The van der Waals surface area contributed by atoms with Crippen molar-refractivity contribution >= 4 is 5.69 Å². The Morgan fingerprint density at radius 2 is 1.87 bits per heavy atom. The van der Waals surface area contributed by atoms with E-state index in [1.165, 1.54) is 11.1 Å². The van der Waals surface area contributed by atoms with Crippen molar-refractivity contribution in [1.82, 2.24) is 0 Å². The Hall–Kier alpha value is -1.22. The summed E-state index contributed by atoms with van der Waals surface area (Å²) in [6.07, 6.45) is 0. The SMILES string of the molecule is COc1cc(C)c(C)cc1N(C)CCO. The number of ether oxygens (including phenoxy) is 1. The molecule has 0 fully saturated rings. The molecule has 0 aliphatic carbocycles. The van der Waals surface area contributed by atoms with Crippen molar-refractivity contribution in [2.75, 3.05) is 32.2 Å². The van der Waals surface area contributed by atoms with Gasteiger partial charge >= 0.3 is 0 Å². The molecular formula is C12H19NO2. The summed E-state index contributed by atoms with van der Waals surface area (Å²) in [5, 5.41) is 8.90. The summed E-state index contributed by atoms with van der Waals surface area (Å²) in [4.78, 5) is 1.99. The molecule has 3 nitrogen and oxygen atoms in total. The molecule has 3 heteroatoms. The van der Waals surface area contributed by atoms with Crippen molar-refractivity contribution in [1.29, 1.82) is 0 Å². The molecule has 0 radical (unpaired) electrons. The molecular weight excluding hydrogens is 190 g/mol. The molecule has 0 aliphatic heterocycles. The van der Waals surface area contributed by atoms with Gasteiger partial charge in [0.2, 0.25) is 0 Å². The van der Waals surface area contributed by atoms with E-state index in [1.54, 1.807) is 7.11 Å². The smallest absolute Gasteiger partial charge is 0.142 e. The second kappa shape index (κ2) is 5.03. The standard InChI is InChI=1S/C12H19NO2/c1-9-7-11(13(3)5-6-14)12(15-4)8-10(9)2/h7-8,14H,5-6H2,1-4H3. The Balaban J connectivity index is 3.09. The fourth-order valence-electron chi connectivity index (χ4n) is 1.51. The van der Waals surface area contributed by atoms with Crippen molar-refractivity contribution in [2.45, 2.75) is 13.8 Å². The summed E-state index contributed by atoms with van der Waals surface area (Å²) in [7, 11) is 3.61. The van der Waals surface area contributed by atoms with Gasteiger partial charge < -0.3 is 14.7 Å². The molecule has 0 unspecified atom stereocenters. The Bertz CT molecular complexity index is 337. The first-order chi connectivity index (χ1) is 7.10. The zero-order chi connectivity index (χ0) is 11.4. The van der Waals surface area contributed by atoms with Gasteiger partial charge in [0, 0.05) is 13.6 Å². The van der Waals surface area contributed by atoms with E-state index in [0.29, 0.717) is 6.54 Å². The largest absolute Gasteiger partial charge is 0.495 e. The molecule has 0 atom stereocenters. The minimum atomic E-state index is 0.145. The van der Waals surface area contributed by atoms with E-state index in [-0.39, 0.29) is 6.61 Å². The maximum absolute atomic E-state index is 8.90. The monoisotopic (exact) mass is 209 g/mol. The molecule has 0 bridgehead atoms. The van der Waals surface area contributed by atoms with Gasteiger partial charge in [-0.2, -0.15) is 0 Å². The normalized spacial score (nSPS) is 10.2. The summed E-state index contributed by atoms with van der Waals surface area (Å²) in [5.41, 5.74) is 3.47. The molecule has 1 rings (SSSR count). The van der Waals surface area contributed by atoms with Gasteiger partial charge in [-0.25, -0.2) is 0 Å². The second-order valence-corrected chi connectivity index (χ2v) is 3.75. The number of hydrogen-bond acceptors (Lipinski definition) is 3. The lowest BCUT2D eigenvalue weighted by molar-refractivity contribution is 0.303. The Kier molecular flexibility index (Phi) is 3.97. The van der Waals surface area contributed by atoms with Crippen LogP contribution in [0.4, 0.5) is 5.69 Å². The fourth-order valence-corrected chi connectivity index (χ4v) is 1.51. The Morgan fingerprint density at radius 1 is 1.27 bits per heavy atom. The number of aryl methyl sites for hydroxylation is 2. The van der Waals surface area contributed by atoms with E-state index in [9.17, 15) is 0 Å². The number of hydrogen-bond donors (Lipinski definition) is 1. The molecule has 1 aromatic rings. The average Bonchev–Trinajstić information content (AvgIpc) is 2.21. The molecule has 15 heavy (non-hydrogen) atoms. The third-order valence-corrected chi connectivity index (χ3v) is 2.64. The lowest BCUT2D eigenvalue weighted by atomic mass is 10.1. The molecule has 1 aromatic carbocycles. The van der Waals surface area contributed by atoms with E-state index >= 15 is 0 Å². The first-order valence-electron chi connectivity index (χ1n) is 5.07. The van der Waals surface area contributed by atoms with Gasteiger partial charge in [0.05, 0.1) is 19.4 Å². The summed E-state index contributed by atoms with van der Waals surface area (Å²) >= 11 is 0. The van der Waals surface area contributed by atoms with E-state index < -0.39 is 0 Å². The van der Waals surface area contributed by atoms with Gasteiger partial charge in [-0.15, -0.1) is 0 Å². The molecule has 0 aliphatic rings. The van der Waals surface area contributed by atoms with Crippen LogP contribution in [0.2, 0.25) is 0 Å². The van der Waals surface area contributed by atoms with Crippen LogP contribution in [0.25, 0.3) is 0 Å². The molecule has 0 amide bonds. The molecule has 0 saturated carbocycles. The molecule has 84 valence electrons. The average molecular weight is 209 g/mol. The quantitative estimate of drug-likeness (QED) is 0.820. The third kappa shape index (κ3) is 2.63. The lowest BCUT2D eigenvalue weighted by Gasteiger charge is -2.22. The van der Waals surface area contributed by atoms with Gasteiger partial charge in [0.25, 0.3) is 0 Å². The number of benzene rings is 1. The van der Waals surface area contributed by atoms with E-state index in [2.05, 4.69) is 19.9 Å². The first-order valence-corrected chi connectivity index (χ1v) is 5.07. The maximum Gasteiger partial charge on any atom is 0.142 e. The van der Waals surface area contributed by atoms with Crippen LogP contribution in [0.5, 0.6) is 5.75 Å². The van der Waals surface area contributed by atoms with Crippen LogP contribution in [-0.4, -0.2) is 32.4 Å². The van der Waals surface area contributed by atoms with Gasteiger partial charge in [0.1, 0.15) is 5.75 Å². The minimum Gasteiger partial charge on any atom is -0.495 e. The second-order valence-electron chi connectivity index (χ2n) is 3.75. The Morgan fingerprint density at radius 3 is 2.40 bits per heavy atom. The number of anilines is 1. The fraction of sp³-hybridized carbons (Fsp3) is 0.500. The van der Waals surface area contributed by atoms with Crippen molar-refractivity contribution in [3.05, 3.63) is 23.3 Å². The molecule has 0 saturated heterocycles. The number of nitrogens with zero attached hydrogens (tertiary/aromatic N) is 1. The number of aliphatic hydroxyl groups excluding tert-OH is 1. The van der Waals surface area contributed by atoms with Crippen LogP contribution in [0, 0.1) is 13.8 Å². The van der Waals surface area contributed by atoms with Crippen LogP contribution in [0.1, 0.15) is 11.1 Å². The summed E-state index contributed by atoms with van der Waals surface area (Å²) in [6.45, 7) is 4.89. The van der Waals surface area contributed by atoms with Crippen molar-refractivity contribution in [3.63, 3.8) is 0 Å². The molecule has 0 heterocycles. The van der Waals surface area contributed by atoms with Crippen LogP contribution < -0.4 is 9.64 Å². The number of rotatable bonds is 4. The van der Waals surface area contributed by atoms with Crippen molar-refractivity contribution in [2.24, 2.45) is 0 Å². The number of aliphatic hydroxyl groups is 1. The predicted octanol–water partition coefficient (Wildman–Crippen LogP) is 1.74. The van der Waals surface area contributed by atoms with E-state index in [1.807, 2.05) is 18.0 Å². The number of methoxy groups -OCH3 is 1. The van der Waals surface area contributed by atoms with Gasteiger partial charge in [0.15, 0.2) is 0 Å². The highest BCUT2D eigenvalue weighted by Crippen LogP contribution is 2.30. The third-order valence-electron chi connectivity index (χ3n) is 2.64. The maximum atomic E-state index is 8.90. The van der Waals surface area contributed by atoms with Crippen LogP contribution in [0.15, 0.2) is 12.1 Å². The topological polar surface area (TPSA) is 32.7 Å². The van der Waals surface area contributed by atoms with Crippen molar-refractivity contribution < 1.29 is 9.84 Å². The number of likely N-dealkylation sites (N-methyl/N-ethyl adjacent to an activating group) is 1. The first kappa shape index (κ1) is 11.9. The summed E-state index contributed by atoms with van der Waals surface area (Å²) in [5.74, 6) is 0.856. The van der Waals surface area contributed by atoms with Gasteiger partial charge in [-0.1, -0.05) is 0 Å². The lowest BCUT2D eigenvalue weighted by Crippen LogP contribution is -2.21. The summed E-state index contributed by atoms with van der Waals surface area (Å²) in [6, 6.07) is 4.11. The van der Waals surface area contributed by atoms with Gasteiger partial charge in [-0.3, -0.25) is 0 Å². The zero-order valence-corrected chi connectivity index (χ0v) is 9.87. The zero-order valence-electron chi connectivity index (χ0n) is 9.87. The van der Waals surface area contributed by atoms with Crippen LogP contribution in [-0.2, 0) is 0 Å². The highest BCUT2D eigenvalue weighted by Gasteiger charge is 2.09. The highest BCUT2D eigenvalue weighted by atomic mass is 16.5.